The fourth-order valence-electron chi connectivity index (χ4n) is 3.65. The average molecular weight is 458 g/mol. The summed E-state index contributed by atoms with van der Waals surface area (Å²) in [5, 5.41) is 3.19. The Kier molecular flexibility index (Phi) is 5.54. The van der Waals surface area contributed by atoms with Crippen LogP contribution in [0.2, 0.25) is 5.15 Å². The van der Waals surface area contributed by atoms with Gasteiger partial charge in [0.2, 0.25) is 5.91 Å². The van der Waals surface area contributed by atoms with E-state index in [-0.39, 0.29) is 18.1 Å². The van der Waals surface area contributed by atoms with Crippen LogP contribution >= 0.6 is 11.6 Å². The van der Waals surface area contributed by atoms with Gasteiger partial charge >= 0.3 is 0 Å². The Morgan fingerprint density at radius 3 is 2.64 bits per heavy atom. The van der Waals surface area contributed by atoms with Crippen LogP contribution in [0.15, 0.2) is 79.1 Å². The molecule has 4 aromatic heterocycles. The fraction of sp³-hybridized carbons (Fsp3) is 0.0400. The summed E-state index contributed by atoms with van der Waals surface area (Å²) in [4.78, 5) is 29.2. The van der Waals surface area contributed by atoms with Gasteiger partial charge in [-0.1, -0.05) is 29.8 Å². The molecule has 0 aliphatic carbocycles. The molecular weight excluding hydrogens is 441 g/mol. The number of H-pyrrole nitrogens is 1. The predicted octanol–water partition coefficient (Wildman–Crippen LogP) is 5.66. The lowest BCUT2D eigenvalue weighted by atomic mass is 10.0. The number of pyridine rings is 3. The van der Waals surface area contributed by atoms with E-state index < -0.39 is 0 Å². The first-order valence-electron chi connectivity index (χ1n) is 10.2. The Morgan fingerprint density at radius 1 is 1.00 bits per heavy atom. The van der Waals surface area contributed by atoms with Crippen LogP contribution in [0.4, 0.5) is 10.2 Å². The third kappa shape index (κ3) is 4.44. The summed E-state index contributed by atoms with van der Waals surface area (Å²) in [5.41, 5.74) is 5.37. The summed E-state index contributed by atoms with van der Waals surface area (Å²) in [6, 6.07) is 18.7. The highest BCUT2D eigenvalue weighted by molar-refractivity contribution is 6.30. The highest BCUT2D eigenvalue weighted by Crippen LogP contribution is 2.37. The number of aromatic amines is 1. The smallest absolute Gasteiger partial charge is 0.229 e. The van der Waals surface area contributed by atoms with E-state index in [1.165, 1.54) is 12.1 Å². The van der Waals surface area contributed by atoms with Crippen molar-refractivity contribution in [1.82, 2.24) is 19.9 Å². The maximum absolute atomic E-state index is 13.1. The molecule has 0 spiro atoms. The molecule has 0 saturated carbocycles. The minimum Gasteiger partial charge on any atom is -0.353 e. The number of rotatable bonds is 5. The number of nitrogens with zero attached hydrogens (tertiary/aromatic N) is 3. The standard InChI is InChI=1S/C25H17ClFN5O/c26-20-9-8-19-25(31-20)23(18-3-1-2-11-28-18)24(30-19)16-10-12-29-21(14-16)32-22(33)13-15-4-6-17(27)7-5-15/h1-12,14,30H,13H2,(H,29,32,33). The molecule has 0 unspecified atom stereocenters. The Morgan fingerprint density at radius 2 is 1.85 bits per heavy atom. The molecule has 5 aromatic rings. The fourth-order valence-corrected chi connectivity index (χ4v) is 3.80. The summed E-state index contributed by atoms with van der Waals surface area (Å²) >= 11 is 6.17. The number of carbonyl (C=O) groups is 1. The molecule has 0 bridgehead atoms. The molecule has 0 radical (unpaired) electrons. The predicted molar refractivity (Wildman–Crippen MR) is 126 cm³/mol. The molecule has 162 valence electrons. The number of hydrogen-bond acceptors (Lipinski definition) is 4. The number of benzene rings is 1. The van der Waals surface area contributed by atoms with Crippen molar-refractivity contribution in [3.8, 4) is 22.5 Å². The van der Waals surface area contributed by atoms with Crippen molar-refractivity contribution in [3.63, 3.8) is 0 Å². The minimum absolute atomic E-state index is 0.111. The Bertz CT molecular complexity index is 1450. The number of halogens is 2. The van der Waals surface area contributed by atoms with Crippen LogP contribution in [0.1, 0.15) is 5.56 Å². The van der Waals surface area contributed by atoms with Crippen LogP contribution in [-0.4, -0.2) is 25.8 Å². The van der Waals surface area contributed by atoms with E-state index in [4.69, 9.17) is 11.6 Å². The van der Waals surface area contributed by atoms with Crippen LogP contribution in [0.25, 0.3) is 33.5 Å². The van der Waals surface area contributed by atoms with Crippen molar-refractivity contribution in [2.45, 2.75) is 6.42 Å². The maximum atomic E-state index is 13.1. The molecule has 0 fully saturated rings. The zero-order valence-electron chi connectivity index (χ0n) is 17.2. The molecule has 33 heavy (non-hydrogen) atoms. The lowest BCUT2D eigenvalue weighted by Crippen LogP contribution is -2.15. The summed E-state index contributed by atoms with van der Waals surface area (Å²) in [6.45, 7) is 0. The molecule has 2 N–H and O–H groups in total. The Labute approximate surface area is 193 Å². The van der Waals surface area contributed by atoms with Gasteiger partial charge in [-0.25, -0.2) is 14.4 Å². The summed E-state index contributed by atoms with van der Waals surface area (Å²) in [6.07, 6.45) is 3.45. The van der Waals surface area contributed by atoms with Crippen LogP contribution in [0, 0.1) is 5.82 Å². The lowest BCUT2D eigenvalue weighted by Gasteiger charge is -2.08. The third-order valence-corrected chi connectivity index (χ3v) is 5.33. The molecule has 6 nitrogen and oxygen atoms in total. The van der Waals surface area contributed by atoms with Crippen molar-refractivity contribution >= 4 is 34.4 Å². The first-order chi connectivity index (χ1) is 16.1. The first kappa shape index (κ1) is 20.8. The largest absolute Gasteiger partial charge is 0.353 e. The highest BCUT2D eigenvalue weighted by Gasteiger charge is 2.18. The monoisotopic (exact) mass is 457 g/mol. The second-order valence-corrected chi connectivity index (χ2v) is 7.79. The van der Waals surface area contributed by atoms with Crippen LogP contribution in [-0.2, 0) is 11.2 Å². The second kappa shape index (κ2) is 8.80. The van der Waals surface area contributed by atoms with Gasteiger partial charge in [0.25, 0.3) is 0 Å². The highest BCUT2D eigenvalue weighted by atomic mass is 35.5. The molecule has 8 heteroatoms. The summed E-state index contributed by atoms with van der Waals surface area (Å²) in [5.74, 6) is -0.191. The van der Waals surface area contributed by atoms with Crippen molar-refractivity contribution in [3.05, 3.63) is 95.7 Å². The van der Waals surface area contributed by atoms with Gasteiger partial charge in [-0.05, 0) is 54.1 Å². The topological polar surface area (TPSA) is 83.6 Å². The van der Waals surface area contributed by atoms with Gasteiger partial charge < -0.3 is 10.3 Å². The van der Waals surface area contributed by atoms with Crippen LogP contribution in [0.5, 0.6) is 0 Å². The van der Waals surface area contributed by atoms with Gasteiger partial charge in [0.1, 0.15) is 16.8 Å². The quantitative estimate of drug-likeness (QED) is 0.333. The number of nitrogens with one attached hydrogen (secondary N) is 2. The van der Waals surface area contributed by atoms with E-state index in [1.54, 1.807) is 36.7 Å². The molecule has 1 aromatic carbocycles. The van der Waals surface area contributed by atoms with E-state index in [0.717, 1.165) is 28.0 Å². The van der Waals surface area contributed by atoms with Crippen LogP contribution < -0.4 is 5.32 Å². The maximum Gasteiger partial charge on any atom is 0.229 e. The van der Waals surface area contributed by atoms with Crippen molar-refractivity contribution in [2.75, 3.05) is 5.32 Å². The van der Waals surface area contributed by atoms with Gasteiger partial charge in [-0.2, -0.15) is 0 Å². The van der Waals surface area contributed by atoms with Crippen molar-refractivity contribution in [2.24, 2.45) is 0 Å². The van der Waals surface area contributed by atoms with Crippen molar-refractivity contribution in [1.29, 1.82) is 0 Å². The molecular formula is C25H17ClFN5O. The zero-order valence-corrected chi connectivity index (χ0v) is 18.0. The number of carbonyl (C=O) groups excluding carboxylic acids is 1. The van der Waals surface area contributed by atoms with E-state index in [2.05, 4.69) is 25.3 Å². The van der Waals surface area contributed by atoms with E-state index >= 15 is 0 Å². The normalized spacial score (nSPS) is 11.0. The van der Waals surface area contributed by atoms with E-state index in [9.17, 15) is 9.18 Å². The molecule has 0 atom stereocenters. The Hall–Kier alpha value is -4.10. The molecule has 1 amide bonds. The van der Waals surface area contributed by atoms with Gasteiger partial charge in [-0.15, -0.1) is 0 Å². The van der Waals surface area contributed by atoms with Gasteiger partial charge in [0, 0.05) is 18.0 Å². The number of aromatic nitrogens is 4. The zero-order chi connectivity index (χ0) is 22.8. The SMILES string of the molecule is O=C(Cc1ccc(F)cc1)Nc1cc(-c2[nH]c3ccc(Cl)nc3c2-c2ccccn2)ccn1. The van der Waals surface area contributed by atoms with Crippen LogP contribution in [0.3, 0.4) is 0 Å². The minimum atomic E-state index is -0.341. The summed E-state index contributed by atoms with van der Waals surface area (Å²) < 4.78 is 13.1. The molecule has 0 saturated heterocycles. The van der Waals surface area contributed by atoms with E-state index in [0.29, 0.717) is 22.1 Å². The average Bonchev–Trinajstić information content (AvgIpc) is 3.20. The first-order valence-corrected chi connectivity index (χ1v) is 10.5. The lowest BCUT2D eigenvalue weighted by molar-refractivity contribution is -0.115. The molecule has 0 aliphatic rings. The van der Waals surface area contributed by atoms with E-state index in [1.807, 2.05) is 30.3 Å². The number of amides is 1. The van der Waals surface area contributed by atoms with Gasteiger partial charge in [0.05, 0.1) is 34.4 Å². The molecule has 4 heterocycles. The van der Waals surface area contributed by atoms with Gasteiger partial charge in [0.15, 0.2) is 0 Å². The third-order valence-electron chi connectivity index (χ3n) is 5.12. The number of fused-ring (bicyclic) bond motifs is 1. The molecule has 5 rings (SSSR count). The molecule has 0 aliphatic heterocycles. The number of anilines is 1. The van der Waals surface area contributed by atoms with Gasteiger partial charge in [-0.3, -0.25) is 9.78 Å². The summed E-state index contributed by atoms with van der Waals surface area (Å²) in [7, 11) is 0. The second-order valence-electron chi connectivity index (χ2n) is 7.40. The van der Waals surface area contributed by atoms with Crippen molar-refractivity contribution < 1.29 is 9.18 Å². The Balaban J connectivity index is 1.50. The number of hydrogen-bond donors (Lipinski definition) is 2.